The summed E-state index contributed by atoms with van der Waals surface area (Å²) in [5.41, 5.74) is -0.292. The van der Waals surface area contributed by atoms with Gasteiger partial charge in [-0.1, -0.05) is 18.5 Å². The molecule has 1 aromatic rings. The number of carbonyl (C=O) groups excluding carboxylic acids is 1. The lowest BCUT2D eigenvalue weighted by atomic mass is 9.76. The molecular weight excluding hydrogens is 230 g/mol. The van der Waals surface area contributed by atoms with Crippen molar-refractivity contribution in [1.82, 2.24) is 10.5 Å². The van der Waals surface area contributed by atoms with Gasteiger partial charge in [-0.25, -0.2) is 0 Å². The highest BCUT2D eigenvalue weighted by Gasteiger charge is 2.38. The van der Waals surface area contributed by atoms with Crippen LogP contribution in [0.25, 0.3) is 0 Å². The standard InChI is InChI=1S/C13H21N3O2/c1-3-5-13(6-4-7-14-9-13)12(17)15-11-8-10(2)18-16-11/h8,14H,3-7,9H2,1-2H3,(H,15,16,17). The molecule has 1 aromatic heterocycles. The second-order valence-corrected chi connectivity index (χ2v) is 5.09. The van der Waals surface area contributed by atoms with Crippen LogP contribution >= 0.6 is 0 Å². The molecule has 0 spiro atoms. The molecule has 1 atom stereocenters. The van der Waals surface area contributed by atoms with E-state index < -0.39 is 0 Å². The molecule has 0 radical (unpaired) electrons. The molecular formula is C13H21N3O2. The highest BCUT2D eigenvalue weighted by Crippen LogP contribution is 2.33. The number of hydrogen-bond donors (Lipinski definition) is 2. The molecule has 1 saturated heterocycles. The van der Waals surface area contributed by atoms with E-state index in [2.05, 4.69) is 22.7 Å². The smallest absolute Gasteiger partial charge is 0.233 e. The summed E-state index contributed by atoms with van der Waals surface area (Å²) in [6.07, 6.45) is 3.90. The van der Waals surface area contributed by atoms with Gasteiger partial charge in [0.05, 0.1) is 5.41 Å². The maximum Gasteiger partial charge on any atom is 0.233 e. The third-order valence-corrected chi connectivity index (χ3v) is 3.55. The van der Waals surface area contributed by atoms with E-state index >= 15 is 0 Å². The minimum absolute atomic E-state index is 0.0600. The van der Waals surface area contributed by atoms with Crippen LogP contribution < -0.4 is 10.6 Å². The van der Waals surface area contributed by atoms with Crippen LogP contribution in [0.15, 0.2) is 10.6 Å². The van der Waals surface area contributed by atoms with Gasteiger partial charge < -0.3 is 15.2 Å². The van der Waals surface area contributed by atoms with E-state index in [4.69, 9.17) is 4.52 Å². The number of aryl methyl sites for hydroxylation is 1. The summed E-state index contributed by atoms with van der Waals surface area (Å²) in [4.78, 5) is 12.5. The monoisotopic (exact) mass is 251 g/mol. The van der Waals surface area contributed by atoms with Crippen LogP contribution in [0.1, 0.15) is 38.4 Å². The van der Waals surface area contributed by atoms with E-state index in [1.165, 1.54) is 0 Å². The first-order chi connectivity index (χ1) is 8.66. The highest BCUT2D eigenvalue weighted by molar-refractivity contribution is 5.94. The van der Waals surface area contributed by atoms with Gasteiger partial charge in [0.15, 0.2) is 5.82 Å². The molecule has 2 heterocycles. The quantitative estimate of drug-likeness (QED) is 0.860. The Balaban J connectivity index is 2.08. The van der Waals surface area contributed by atoms with E-state index in [1.54, 1.807) is 6.07 Å². The fourth-order valence-electron chi connectivity index (χ4n) is 2.64. The first kappa shape index (κ1) is 13.1. The van der Waals surface area contributed by atoms with E-state index in [0.29, 0.717) is 11.6 Å². The van der Waals surface area contributed by atoms with Gasteiger partial charge in [0, 0.05) is 12.6 Å². The number of anilines is 1. The minimum atomic E-state index is -0.292. The van der Waals surface area contributed by atoms with Crippen molar-refractivity contribution in [2.24, 2.45) is 5.41 Å². The predicted molar refractivity (Wildman–Crippen MR) is 69.3 cm³/mol. The normalized spacial score (nSPS) is 23.9. The van der Waals surface area contributed by atoms with Crippen molar-refractivity contribution < 1.29 is 9.32 Å². The molecule has 100 valence electrons. The Bertz CT molecular complexity index is 403. The van der Waals surface area contributed by atoms with Crippen molar-refractivity contribution in [2.45, 2.75) is 39.5 Å². The average molecular weight is 251 g/mol. The van der Waals surface area contributed by atoms with Gasteiger partial charge in [-0.15, -0.1) is 0 Å². The molecule has 2 rings (SSSR count). The van der Waals surface area contributed by atoms with Crippen molar-refractivity contribution in [3.8, 4) is 0 Å². The molecule has 1 amide bonds. The highest BCUT2D eigenvalue weighted by atomic mass is 16.5. The molecule has 18 heavy (non-hydrogen) atoms. The molecule has 1 unspecified atom stereocenters. The average Bonchev–Trinajstić information content (AvgIpc) is 2.76. The van der Waals surface area contributed by atoms with Crippen LogP contribution in [0.2, 0.25) is 0 Å². The summed E-state index contributed by atoms with van der Waals surface area (Å²) in [5, 5.41) is 10.0. The molecule has 1 fully saturated rings. The Morgan fingerprint density at radius 3 is 3.06 bits per heavy atom. The van der Waals surface area contributed by atoms with Crippen molar-refractivity contribution in [2.75, 3.05) is 18.4 Å². The predicted octanol–water partition coefficient (Wildman–Crippen LogP) is 2.09. The van der Waals surface area contributed by atoms with Crippen LogP contribution in [0.3, 0.4) is 0 Å². The molecule has 0 aliphatic carbocycles. The Hall–Kier alpha value is -1.36. The zero-order chi connectivity index (χ0) is 13.0. The number of rotatable bonds is 4. The number of aromatic nitrogens is 1. The van der Waals surface area contributed by atoms with Crippen molar-refractivity contribution in [3.63, 3.8) is 0 Å². The minimum Gasteiger partial charge on any atom is -0.360 e. The number of nitrogens with one attached hydrogen (secondary N) is 2. The van der Waals surface area contributed by atoms with Crippen LogP contribution in [0.4, 0.5) is 5.82 Å². The third kappa shape index (κ3) is 2.72. The molecule has 0 aromatic carbocycles. The molecule has 5 heteroatoms. The lowest BCUT2D eigenvalue weighted by molar-refractivity contribution is -0.127. The van der Waals surface area contributed by atoms with Gasteiger partial charge in [0.2, 0.25) is 5.91 Å². The lowest BCUT2D eigenvalue weighted by Crippen LogP contribution is -2.48. The van der Waals surface area contributed by atoms with Crippen LogP contribution in [0, 0.1) is 12.3 Å². The van der Waals surface area contributed by atoms with Crippen molar-refractivity contribution >= 4 is 11.7 Å². The Morgan fingerprint density at radius 1 is 1.67 bits per heavy atom. The molecule has 2 N–H and O–H groups in total. The lowest BCUT2D eigenvalue weighted by Gasteiger charge is -2.35. The molecule has 1 aliphatic rings. The number of nitrogens with zero attached hydrogens (tertiary/aromatic N) is 1. The number of amides is 1. The van der Waals surface area contributed by atoms with Crippen LogP contribution in [-0.4, -0.2) is 24.2 Å². The van der Waals surface area contributed by atoms with E-state index in [1.807, 2.05) is 6.92 Å². The third-order valence-electron chi connectivity index (χ3n) is 3.55. The number of hydrogen-bond acceptors (Lipinski definition) is 4. The molecule has 5 nitrogen and oxygen atoms in total. The molecule has 1 aliphatic heterocycles. The largest absolute Gasteiger partial charge is 0.360 e. The van der Waals surface area contributed by atoms with E-state index in [-0.39, 0.29) is 11.3 Å². The summed E-state index contributed by atoms with van der Waals surface area (Å²) in [6, 6.07) is 1.74. The number of piperidine rings is 1. The van der Waals surface area contributed by atoms with Gasteiger partial charge in [0.1, 0.15) is 5.76 Å². The fraction of sp³-hybridized carbons (Fsp3) is 0.692. The zero-order valence-corrected chi connectivity index (χ0v) is 11.1. The maximum atomic E-state index is 12.5. The Labute approximate surface area is 107 Å². The summed E-state index contributed by atoms with van der Waals surface area (Å²) in [6.45, 7) is 5.68. The Kier molecular flexibility index (Phi) is 4.01. The van der Waals surface area contributed by atoms with E-state index in [0.717, 1.165) is 38.8 Å². The summed E-state index contributed by atoms with van der Waals surface area (Å²) >= 11 is 0. The van der Waals surface area contributed by atoms with Crippen molar-refractivity contribution in [1.29, 1.82) is 0 Å². The van der Waals surface area contributed by atoms with Crippen LogP contribution in [0.5, 0.6) is 0 Å². The fourth-order valence-corrected chi connectivity index (χ4v) is 2.64. The second-order valence-electron chi connectivity index (χ2n) is 5.09. The first-order valence-electron chi connectivity index (χ1n) is 6.62. The Morgan fingerprint density at radius 2 is 2.50 bits per heavy atom. The molecule has 0 bridgehead atoms. The summed E-state index contributed by atoms with van der Waals surface area (Å²) in [7, 11) is 0. The summed E-state index contributed by atoms with van der Waals surface area (Å²) in [5.74, 6) is 1.28. The first-order valence-corrected chi connectivity index (χ1v) is 6.62. The van der Waals surface area contributed by atoms with Gasteiger partial charge in [-0.05, 0) is 32.7 Å². The SMILES string of the molecule is CCCC1(C(=O)Nc2cc(C)on2)CCCNC1. The van der Waals surface area contributed by atoms with Gasteiger partial charge in [0.25, 0.3) is 0 Å². The van der Waals surface area contributed by atoms with Gasteiger partial charge in [-0.2, -0.15) is 0 Å². The summed E-state index contributed by atoms with van der Waals surface area (Å²) < 4.78 is 4.97. The molecule has 0 saturated carbocycles. The van der Waals surface area contributed by atoms with Crippen LogP contribution in [-0.2, 0) is 4.79 Å². The second kappa shape index (κ2) is 5.52. The zero-order valence-electron chi connectivity index (χ0n) is 11.1. The van der Waals surface area contributed by atoms with E-state index in [9.17, 15) is 4.79 Å². The maximum absolute atomic E-state index is 12.5. The topological polar surface area (TPSA) is 67.2 Å². The van der Waals surface area contributed by atoms with Crippen molar-refractivity contribution in [3.05, 3.63) is 11.8 Å². The number of carbonyl (C=O) groups is 1. The van der Waals surface area contributed by atoms with Gasteiger partial charge in [-0.3, -0.25) is 4.79 Å². The van der Waals surface area contributed by atoms with Gasteiger partial charge >= 0.3 is 0 Å².